The van der Waals surface area contributed by atoms with Gasteiger partial charge in [-0.05, 0) is 70.0 Å². The molecule has 0 radical (unpaired) electrons. The predicted octanol–water partition coefficient (Wildman–Crippen LogP) is 3.27. The van der Waals surface area contributed by atoms with Crippen molar-refractivity contribution in [2.45, 2.75) is 39.0 Å². The molecule has 0 bridgehead atoms. The Morgan fingerprint density at radius 2 is 2.09 bits per heavy atom. The number of fused-ring (bicyclic) bond motifs is 1. The van der Waals surface area contributed by atoms with Crippen LogP contribution < -0.4 is 5.32 Å². The lowest BCUT2D eigenvalue weighted by molar-refractivity contribution is 0.247. The molecule has 0 spiro atoms. The summed E-state index contributed by atoms with van der Waals surface area (Å²) in [5, 5.41) is 8.62. The third kappa shape index (κ3) is 2.55. The lowest BCUT2D eigenvalue weighted by atomic mass is 9.92. The molecule has 2 aliphatic heterocycles. The highest BCUT2D eigenvalue weighted by molar-refractivity contribution is 5.58. The third-order valence-electron chi connectivity index (χ3n) is 5.43. The van der Waals surface area contributed by atoms with E-state index in [0.29, 0.717) is 5.92 Å². The van der Waals surface area contributed by atoms with Crippen molar-refractivity contribution in [2.75, 3.05) is 32.0 Å². The highest BCUT2D eigenvalue weighted by Crippen LogP contribution is 2.36. The maximum absolute atomic E-state index is 5.06. The second kappa shape index (κ2) is 5.68. The number of hydrogen-bond acceptors (Lipinski definition) is 3. The number of benzene rings is 1. The molecule has 1 aromatic heterocycles. The third-order valence-corrected chi connectivity index (χ3v) is 5.43. The molecule has 122 valence electrons. The molecule has 2 aliphatic rings. The van der Waals surface area contributed by atoms with Gasteiger partial charge >= 0.3 is 0 Å². The Kier molecular flexibility index (Phi) is 3.64. The fourth-order valence-electron chi connectivity index (χ4n) is 3.96. The number of nitrogens with one attached hydrogen (secondary N) is 1. The van der Waals surface area contributed by atoms with Crippen molar-refractivity contribution in [2.24, 2.45) is 0 Å². The Morgan fingerprint density at radius 3 is 2.87 bits per heavy atom. The molecule has 1 N–H and O–H groups in total. The van der Waals surface area contributed by atoms with Gasteiger partial charge in [0.25, 0.3) is 0 Å². The topological polar surface area (TPSA) is 33.1 Å². The number of hydrogen-bond donors (Lipinski definition) is 1. The normalized spacial score (nSPS) is 21.3. The molecule has 3 heterocycles. The number of likely N-dealkylation sites (N-methyl/N-ethyl adjacent to an activating group) is 1. The van der Waals surface area contributed by atoms with Crippen molar-refractivity contribution in [3.63, 3.8) is 0 Å². The smallest absolute Gasteiger partial charge is 0.133 e. The van der Waals surface area contributed by atoms with Crippen LogP contribution in [0.2, 0.25) is 0 Å². The Morgan fingerprint density at radius 1 is 1.22 bits per heavy atom. The minimum Gasteiger partial charge on any atom is -0.369 e. The molecule has 1 atom stereocenters. The zero-order valence-corrected chi connectivity index (χ0v) is 14.4. The number of piperidine rings is 1. The van der Waals surface area contributed by atoms with Crippen molar-refractivity contribution in [3.05, 3.63) is 40.6 Å². The quantitative estimate of drug-likeness (QED) is 0.924. The van der Waals surface area contributed by atoms with E-state index in [1.54, 1.807) is 0 Å². The van der Waals surface area contributed by atoms with Crippen LogP contribution in [-0.4, -0.2) is 41.4 Å². The summed E-state index contributed by atoms with van der Waals surface area (Å²) < 4.78 is 2.14. The van der Waals surface area contributed by atoms with E-state index in [1.807, 2.05) is 0 Å². The van der Waals surface area contributed by atoms with Gasteiger partial charge in [-0.2, -0.15) is 5.10 Å². The second-order valence-electron chi connectivity index (χ2n) is 7.17. The van der Waals surface area contributed by atoms with Crippen LogP contribution in [0.3, 0.4) is 0 Å². The number of aromatic nitrogens is 2. The number of aryl methyl sites for hydroxylation is 2. The summed E-state index contributed by atoms with van der Waals surface area (Å²) in [6.07, 6.45) is 3.65. The Hall–Kier alpha value is -1.81. The zero-order chi connectivity index (χ0) is 16.0. The van der Waals surface area contributed by atoms with Crippen molar-refractivity contribution >= 4 is 5.82 Å². The SMILES string of the molecule is Cc1ccc(-n2nc(C3CCCN(C)C3)c3c2NCC3)cc1C. The highest BCUT2D eigenvalue weighted by Gasteiger charge is 2.29. The molecule has 1 aromatic carbocycles. The van der Waals surface area contributed by atoms with Gasteiger partial charge in [0.05, 0.1) is 11.4 Å². The first-order valence-corrected chi connectivity index (χ1v) is 8.75. The monoisotopic (exact) mass is 310 g/mol. The molecule has 4 rings (SSSR count). The minimum absolute atomic E-state index is 0.579. The van der Waals surface area contributed by atoms with Crippen LogP contribution >= 0.6 is 0 Å². The molecule has 1 saturated heterocycles. The van der Waals surface area contributed by atoms with E-state index in [1.165, 1.54) is 53.3 Å². The molecule has 4 nitrogen and oxygen atoms in total. The lowest BCUT2D eigenvalue weighted by Gasteiger charge is -2.29. The van der Waals surface area contributed by atoms with Crippen LogP contribution in [0, 0.1) is 13.8 Å². The van der Waals surface area contributed by atoms with Gasteiger partial charge in [0.2, 0.25) is 0 Å². The molecule has 0 amide bonds. The Labute approximate surface area is 138 Å². The van der Waals surface area contributed by atoms with Crippen LogP contribution in [0.25, 0.3) is 5.69 Å². The van der Waals surface area contributed by atoms with E-state index in [0.717, 1.165) is 19.5 Å². The minimum atomic E-state index is 0.579. The van der Waals surface area contributed by atoms with Gasteiger partial charge in [0, 0.05) is 24.6 Å². The zero-order valence-electron chi connectivity index (χ0n) is 14.4. The number of rotatable bonds is 2. The van der Waals surface area contributed by atoms with Crippen LogP contribution in [0.15, 0.2) is 18.2 Å². The molecular weight excluding hydrogens is 284 g/mol. The van der Waals surface area contributed by atoms with Gasteiger partial charge in [0.1, 0.15) is 5.82 Å². The van der Waals surface area contributed by atoms with Gasteiger partial charge in [-0.25, -0.2) is 4.68 Å². The second-order valence-corrected chi connectivity index (χ2v) is 7.17. The molecule has 1 fully saturated rings. The first-order chi connectivity index (χ1) is 11.1. The molecule has 4 heteroatoms. The van der Waals surface area contributed by atoms with E-state index in [4.69, 9.17) is 5.10 Å². The molecule has 0 saturated carbocycles. The van der Waals surface area contributed by atoms with Gasteiger partial charge in [-0.3, -0.25) is 0 Å². The van der Waals surface area contributed by atoms with Gasteiger partial charge in [-0.15, -0.1) is 0 Å². The Balaban J connectivity index is 1.76. The van der Waals surface area contributed by atoms with E-state index >= 15 is 0 Å². The lowest BCUT2D eigenvalue weighted by Crippen LogP contribution is -2.31. The summed E-state index contributed by atoms with van der Waals surface area (Å²) in [4.78, 5) is 2.44. The largest absolute Gasteiger partial charge is 0.369 e. The number of nitrogens with zero attached hydrogens (tertiary/aromatic N) is 3. The maximum Gasteiger partial charge on any atom is 0.133 e. The molecule has 23 heavy (non-hydrogen) atoms. The van der Waals surface area contributed by atoms with Crippen molar-refractivity contribution in [3.8, 4) is 5.69 Å². The van der Waals surface area contributed by atoms with E-state index in [9.17, 15) is 0 Å². The van der Waals surface area contributed by atoms with Crippen molar-refractivity contribution in [1.29, 1.82) is 0 Å². The van der Waals surface area contributed by atoms with Crippen molar-refractivity contribution in [1.82, 2.24) is 14.7 Å². The highest BCUT2D eigenvalue weighted by atomic mass is 15.3. The van der Waals surface area contributed by atoms with E-state index in [2.05, 4.69) is 54.0 Å². The maximum atomic E-state index is 5.06. The standard InChI is InChI=1S/C19H26N4/c1-13-6-7-16(11-14(13)2)23-19-17(8-9-20-19)18(21-23)15-5-4-10-22(3)12-15/h6-7,11,15,20H,4-5,8-10,12H2,1-3H3. The average Bonchev–Trinajstić information content (AvgIpc) is 3.12. The fourth-order valence-corrected chi connectivity index (χ4v) is 3.96. The summed E-state index contributed by atoms with van der Waals surface area (Å²) >= 11 is 0. The van der Waals surface area contributed by atoms with Crippen LogP contribution in [0.1, 0.15) is 41.1 Å². The van der Waals surface area contributed by atoms with Crippen molar-refractivity contribution < 1.29 is 0 Å². The van der Waals surface area contributed by atoms with Crippen LogP contribution in [-0.2, 0) is 6.42 Å². The van der Waals surface area contributed by atoms with Gasteiger partial charge < -0.3 is 10.2 Å². The van der Waals surface area contributed by atoms with E-state index in [-0.39, 0.29) is 0 Å². The molecule has 1 unspecified atom stereocenters. The number of anilines is 1. The van der Waals surface area contributed by atoms with Gasteiger partial charge in [-0.1, -0.05) is 6.07 Å². The predicted molar refractivity (Wildman–Crippen MR) is 94.7 cm³/mol. The molecule has 2 aromatic rings. The first-order valence-electron chi connectivity index (χ1n) is 8.75. The summed E-state index contributed by atoms with van der Waals surface area (Å²) in [7, 11) is 2.23. The Bertz CT molecular complexity index is 731. The fraction of sp³-hybridized carbons (Fsp3) is 0.526. The molecule has 0 aliphatic carbocycles. The van der Waals surface area contributed by atoms with Gasteiger partial charge in [0.15, 0.2) is 0 Å². The molecular formula is C19H26N4. The summed E-state index contributed by atoms with van der Waals surface area (Å²) in [5.74, 6) is 1.80. The van der Waals surface area contributed by atoms with Crippen LogP contribution in [0.5, 0.6) is 0 Å². The summed E-state index contributed by atoms with van der Waals surface area (Å²) in [6.45, 7) is 7.72. The average molecular weight is 310 g/mol. The first kappa shape index (κ1) is 14.8. The van der Waals surface area contributed by atoms with E-state index < -0.39 is 0 Å². The summed E-state index contributed by atoms with van der Waals surface area (Å²) in [5.41, 5.74) is 6.61. The number of likely N-dealkylation sites (tertiary alicyclic amines) is 1. The summed E-state index contributed by atoms with van der Waals surface area (Å²) in [6, 6.07) is 6.63. The van der Waals surface area contributed by atoms with Crippen LogP contribution in [0.4, 0.5) is 5.82 Å².